The molecule has 2 rings (SSSR count). The molecular weight excluding hydrogens is 270 g/mol. The third-order valence-corrected chi connectivity index (χ3v) is 3.58. The van der Waals surface area contributed by atoms with Crippen LogP contribution in [-0.2, 0) is 9.53 Å². The molecule has 0 radical (unpaired) electrons. The van der Waals surface area contributed by atoms with Gasteiger partial charge in [0.25, 0.3) is 11.1 Å². The molecule has 0 aromatic rings. The first-order valence-corrected chi connectivity index (χ1v) is 6.82. The Bertz CT molecular complexity index is 430. The van der Waals surface area contributed by atoms with E-state index in [0.29, 0.717) is 37.7 Å². The molecule has 0 unspecified atom stereocenters. The fourth-order valence-corrected chi connectivity index (χ4v) is 2.51. The van der Waals surface area contributed by atoms with Crippen molar-refractivity contribution in [1.29, 1.82) is 0 Å². The standard InChI is InChI=1S/C11H15N3O4S/c1-2-18-11(17)14-5-3-13(4-6-14)7-8-9(15)12-10(16)19-8/h7H,2-6H2,1H3,(H,12,15,16)/b8-7-. The average molecular weight is 285 g/mol. The van der Waals surface area contributed by atoms with Crippen molar-refractivity contribution in [2.75, 3.05) is 32.8 Å². The Morgan fingerprint density at radius 1 is 1.37 bits per heavy atom. The van der Waals surface area contributed by atoms with Crippen molar-refractivity contribution in [2.24, 2.45) is 0 Å². The summed E-state index contributed by atoms with van der Waals surface area (Å²) in [7, 11) is 0. The van der Waals surface area contributed by atoms with Gasteiger partial charge in [-0.15, -0.1) is 0 Å². The van der Waals surface area contributed by atoms with E-state index in [4.69, 9.17) is 4.74 Å². The number of carbonyl (C=O) groups excluding carboxylic acids is 3. The zero-order chi connectivity index (χ0) is 13.8. The molecule has 19 heavy (non-hydrogen) atoms. The van der Waals surface area contributed by atoms with Crippen LogP contribution in [0.5, 0.6) is 0 Å². The number of rotatable bonds is 2. The van der Waals surface area contributed by atoms with Crippen molar-refractivity contribution in [3.63, 3.8) is 0 Å². The van der Waals surface area contributed by atoms with E-state index in [1.165, 1.54) is 0 Å². The number of ether oxygens (including phenoxy) is 1. The van der Waals surface area contributed by atoms with Gasteiger partial charge in [-0.2, -0.15) is 0 Å². The lowest BCUT2D eigenvalue weighted by Gasteiger charge is -2.33. The number of piperazine rings is 1. The van der Waals surface area contributed by atoms with Crippen LogP contribution >= 0.6 is 11.8 Å². The van der Waals surface area contributed by atoms with E-state index in [-0.39, 0.29) is 17.2 Å². The van der Waals surface area contributed by atoms with Crippen molar-refractivity contribution in [1.82, 2.24) is 15.1 Å². The topological polar surface area (TPSA) is 79.0 Å². The van der Waals surface area contributed by atoms with E-state index in [1.807, 2.05) is 4.90 Å². The Labute approximate surface area is 114 Å². The maximum atomic E-state index is 11.5. The van der Waals surface area contributed by atoms with Crippen molar-refractivity contribution < 1.29 is 19.1 Å². The number of carbonyl (C=O) groups is 3. The Hall–Kier alpha value is -1.70. The third-order valence-electron chi connectivity index (χ3n) is 2.78. The molecule has 3 amide bonds. The molecule has 2 saturated heterocycles. The summed E-state index contributed by atoms with van der Waals surface area (Å²) in [5.74, 6) is -0.358. The van der Waals surface area contributed by atoms with Gasteiger partial charge in [0.15, 0.2) is 0 Å². The lowest BCUT2D eigenvalue weighted by atomic mass is 10.3. The maximum Gasteiger partial charge on any atom is 0.409 e. The quantitative estimate of drug-likeness (QED) is 0.748. The average Bonchev–Trinajstić information content (AvgIpc) is 2.69. The van der Waals surface area contributed by atoms with Crippen LogP contribution in [0.1, 0.15) is 6.92 Å². The molecule has 1 N–H and O–H groups in total. The van der Waals surface area contributed by atoms with E-state index in [9.17, 15) is 14.4 Å². The SMILES string of the molecule is CCOC(=O)N1CCN(/C=C2\SC(=O)NC2=O)CC1. The van der Waals surface area contributed by atoms with Crippen LogP contribution in [-0.4, -0.2) is 59.8 Å². The maximum absolute atomic E-state index is 11.5. The van der Waals surface area contributed by atoms with Gasteiger partial charge in [0.05, 0.1) is 11.5 Å². The number of nitrogens with one attached hydrogen (secondary N) is 1. The van der Waals surface area contributed by atoms with Gasteiger partial charge in [0.1, 0.15) is 0 Å². The molecule has 8 heteroatoms. The fourth-order valence-electron chi connectivity index (χ4n) is 1.83. The molecule has 0 aromatic carbocycles. The van der Waals surface area contributed by atoms with Gasteiger partial charge in [0.2, 0.25) is 0 Å². The van der Waals surface area contributed by atoms with Crippen LogP contribution in [0.2, 0.25) is 0 Å². The Kier molecular flexibility index (Phi) is 4.31. The second kappa shape index (κ2) is 5.96. The van der Waals surface area contributed by atoms with Gasteiger partial charge in [-0.1, -0.05) is 0 Å². The minimum absolute atomic E-state index is 0.307. The molecule has 0 atom stereocenters. The van der Waals surface area contributed by atoms with Gasteiger partial charge in [0, 0.05) is 32.4 Å². The lowest BCUT2D eigenvalue weighted by molar-refractivity contribution is -0.115. The highest BCUT2D eigenvalue weighted by atomic mass is 32.2. The number of hydrogen-bond acceptors (Lipinski definition) is 6. The molecule has 2 aliphatic heterocycles. The van der Waals surface area contributed by atoms with Gasteiger partial charge in [-0.05, 0) is 18.7 Å². The molecule has 0 bridgehead atoms. The number of nitrogens with zero attached hydrogens (tertiary/aromatic N) is 2. The third kappa shape index (κ3) is 3.40. The van der Waals surface area contributed by atoms with Crippen LogP contribution in [0.25, 0.3) is 0 Å². The highest BCUT2D eigenvalue weighted by Gasteiger charge is 2.27. The zero-order valence-corrected chi connectivity index (χ0v) is 11.4. The van der Waals surface area contributed by atoms with Gasteiger partial charge in [-0.25, -0.2) is 4.79 Å². The minimum atomic E-state index is -0.358. The molecule has 0 aromatic heterocycles. The number of hydrogen-bond donors (Lipinski definition) is 1. The van der Waals surface area contributed by atoms with Gasteiger partial charge < -0.3 is 14.5 Å². The summed E-state index contributed by atoms with van der Waals surface area (Å²) in [6.07, 6.45) is 1.37. The summed E-state index contributed by atoms with van der Waals surface area (Å²) in [6.45, 7) is 4.45. The predicted octanol–water partition coefficient (Wildman–Crippen LogP) is 0.585. The highest BCUT2D eigenvalue weighted by Crippen LogP contribution is 2.23. The molecule has 2 heterocycles. The summed E-state index contributed by atoms with van der Waals surface area (Å²) in [5, 5.41) is 1.86. The predicted molar refractivity (Wildman–Crippen MR) is 69.4 cm³/mol. The zero-order valence-electron chi connectivity index (χ0n) is 10.5. The smallest absolute Gasteiger partial charge is 0.409 e. The second-order valence-corrected chi connectivity index (χ2v) is 5.07. The normalized spacial score (nSPS) is 21.8. The van der Waals surface area contributed by atoms with Gasteiger partial charge in [-0.3, -0.25) is 14.9 Å². The second-order valence-electron chi connectivity index (χ2n) is 4.06. The van der Waals surface area contributed by atoms with Crippen LogP contribution in [0.3, 0.4) is 0 Å². The summed E-state index contributed by atoms with van der Waals surface area (Å²) in [6, 6.07) is 0. The van der Waals surface area contributed by atoms with Crippen LogP contribution in [0.15, 0.2) is 11.1 Å². The first kappa shape index (κ1) is 13.7. The molecule has 0 aliphatic carbocycles. The Balaban J connectivity index is 1.87. The van der Waals surface area contributed by atoms with E-state index < -0.39 is 0 Å². The number of imide groups is 1. The highest BCUT2D eigenvalue weighted by molar-refractivity contribution is 8.18. The van der Waals surface area contributed by atoms with Crippen molar-refractivity contribution >= 4 is 29.0 Å². The summed E-state index contributed by atoms with van der Waals surface area (Å²) in [5.41, 5.74) is 0. The Morgan fingerprint density at radius 3 is 2.58 bits per heavy atom. The van der Waals surface area contributed by atoms with Crippen molar-refractivity contribution in [3.05, 3.63) is 11.1 Å². The first-order chi connectivity index (χ1) is 9.10. The monoisotopic (exact) mass is 285 g/mol. The minimum Gasteiger partial charge on any atom is -0.450 e. The molecule has 0 saturated carbocycles. The van der Waals surface area contributed by atoms with Crippen LogP contribution < -0.4 is 5.32 Å². The van der Waals surface area contributed by atoms with Crippen LogP contribution in [0.4, 0.5) is 9.59 Å². The molecule has 104 valence electrons. The van der Waals surface area contributed by atoms with Gasteiger partial charge >= 0.3 is 6.09 Å². The molecule has 0 spiro atoms. The van der Waals surface area contributed by atoms with Crippen molar-refractivity contribution in [3.8, 4) is 0 Å². The molecule has 2 fully saturated rings. The molecule has 2 aliphatic rings. The largest absolute Gasteiger partial charge is 0.450 e. The van der Waals surface area contributed by atoms with E-state index in [2.05, 4.69) is 5.32 Å². The molecule has 7 nitrogen and oxygen atoms in total. The van der Waals surface area contributed by atoms with Crippen molar-refractivity contribution in [2.45, 2.75) is 6.92 Å². The summed E-state index contributed by atoms with van der Waals surface area (Å²) < 4.78 is 4.92. The lowest BCUT2D eigenvalue weighted by Crippen LogP contribution is -2.47. The number of amides is 3. The van der Waals surface area contributed by atoms with E-state index >= 15 is 0 Å². The molecular formula is C11H15N3O4S. The first-order valence-electron chi connectivity index (χ1n) is 6.01. The fraction of sp³-hybridized carbons (Fsp3) is 0.545. The summed E-state index contributed by atoms with van der Waals surface area (Å²) >= 11 is 0.897. The van der Waals surface area contributed by atoms with E-state index in [0.717, 1.165) is 11.8 Å². The van der Waals surface area contributed by atoms with Crippen LogP contribution in [0, 0.1) is 0 Å². The number of thioether (sulfide) groups is 1. The van der Waals surface area contributed by atoms with E-state index in [1.54, 1.807) is 18.0 Å². The summed E-state index contributed by atoms with van der Waals surface area (Å²) in [4.78, 5) is 37.9. The Morgan fingerprint density at radius 2 is 2.05 bits per heavy atom.